The van der Waals surface area contributed by atoms with Crippen molar-refractivity contribution in [3.05, 3.63) is 64.7 Å². The van der Waals surface area contributed by atoms with Crippen molar-refractivity contribution in [1.29, 1.82) is 0 Å². The van der Waals surface area contributed by atoms with E-state index in [4.69, 9.17) is 0 Å². The molecule has 0 aliphatic heterocycles. The molecular weight excluding hydrogens is 374 g/mol. The number of nitrogens with one attached hydrogen (secondary N) is 2. The molecule has 2 rings (SSSR count). The summed E-state index contributed by atoms with van der Waals surface area (Å²) in [6, 6.07) is 14.3. The second-order valence-electron chi connectivity index (χ2n) is 8.64. The summed E-state index contributed by atoms with van der Waals surface area (Å²) in [7, 11) is 0. The van der Waals surface area contributed by atoms with Crippen molar-refractivity contribution in [2.24, 2.45) is 5.92 Å². The van der Waals surface area contributed by atoms with Gasteiger partial charge in [-0.1, -0.05) is 56.3 Å². The maximum atomic E-state index is 12.5. The molecule has 0 aromatic heterocycles. The fraction of sp³-hybridized carbons (Fsp3) is 0.440. The van der Waals surface area contributed by atoms with E-state index in [2.05, 4.69) is 55.7 Å². The highest BCUT2D eigenvalue weighted by Crippen LogP contribution is 2.19. The summed E-state index contributed by atoms with van der Waals surface area (Å²) in [5, 5.41) is 7.66. The maximum absolute atomic E-state index is 12.5. The van der Waals surface area contributed by atoms with Gasteiger partial charge in [-0.3, -0.25) is 9.59 Å². The number of benzene rings is 2. The van der Waals surface area contributed by atoms with Gasteiger partial charge in [0.2, 0.25) is 5.91 Å². The van der Waals surface area contributed by atoms with E-state index < -0.39 is 0 Å². The molecule has 2 aromatic rings. The number of hydrogen-bond acceptors (Lipinski definition) is 2. The van der Waals surface area contributed by atoms with Crippen LogP contribution in [0.5, 0.6) is 0 Å². The van der Waals surface area contributed by atoms with Gasteiger partial charge in [0.25, 0.3) is 5.91 Å². The fourth-order valence-electron chi connectivity index (χ4n) is 3.58. The lowest BCUT2D eigenvalue weighted by Gasteiger charge is -2.17. The average Bonchev–Trinajstić information content (AvgIpc) is 2.69. The number of amides is 2. The van der Waals surface area contributed by atoms with Crippen LogP contribution in [0, 0.1) is 19.8 Å². The summed E-state index contributed by atoms with van der Waals surface area (Å²) in [5.41, 5.74) is 5.34. The molecule has 5 heteroatoms. The van der Waals surface area contributed by atoms with Crippen molar-refractivity contribution in [2.75, 3.05) is 11.9 Å². The molecule has 30 heavy (non-hydrogen) atoms. The Morgan fingerprint density at radius 3 is 2.10 bits per heavy atom. The Labute approximate surface area is 180 Å². The van der Waals surface area contributed by atoms with Crippen molar-refractivity contribution in [2.45, 2.75) is 60.0 Å². The maximum Gasteiger partial charge on any atom is 0.278 e. The molecule has 2 amide bonds. The van der Waals surface area contributed by atoms with E-state index in [1.807, 2.05) is 44.3 Å². The molecule has 0 aliphatic rings. The first kappa shape index (κ1) is 23.6. The van der Waals surface area contributed by atoms with Crippen LogP contribution < -0.4 is 16.0 Å². The first-order valence-corrected chi connectivity index (χ1v) is 10.7. The molecule has 162 valence electrons. The molecule has 0 radical (unpaired) electrons. The van der Waals surface area contributed by atoms with Crippen LogP contribution in [0.15, 0.2) is 42.5 Å². The van der Waals surface area contributed by atoms with Gasteiger partial charge in [0, 0.05) is 11.3 Å². The van der Waals surface area contributed by atoms with Crippen molar-refractivity contribution in [3.8, 4) is 0 Å². The third-order valence-corrected chi connectivity index (χ3v) is 5.31. The topological polar surface area (TPSA) is 74.8 Å². The Bertz CT molecular complexity index is 839. The van der Waals surface area contributed by atoms with Gasteiger partial charge in [-0.2, -0.15) is 0 Å². The standard InChI is InChI=1S/C25H35N3O2/c1-16(2)14-21-10-12-22(13-11-21)19(5)27-20(6)25(30)26-15-23(29)28-24-17(3)8-7-9-18(24)4/h7-13,16,19-20,27H,14-15H2,1-6H3,(H,26,30)(H,28,29)/p+1/t19-,20-/m0/s1. The lowest BCUT2D eigenvalue weighted by atomic mass is 9.99. The van der Waals surface area contributed by atoms with Crippen molar-refractivity contribution in [3.63, 3.8) is 0 Å². The quantitative estimate of drug-likeness (QED) is 0.593. The molecule has 0 bridgehead atoms. The lowest BCUT2D eigenvalue weighted by Crippen LogP contribution is -2.92. The van der Waals surface area contributed by atoms with Gasteiger partial charge in [-0.25, -0.2) is 0 Å². The highest BCUT2D eigenvalue weighted by Gasteiger charge is 2.21. The third kappa shape index (κ3) is 6.99. The Hall–Kier alpha value is -2.66. The van der Waals surface area contributed by atoms with Crippen LogP contribution in [0.4, 0.5) is 5.69 Å². The zero-order valence-electron chi connectivity index (χ0n) is 19.1. The zero-order chi connectivity index (χ0) is 22.3. The number of rotatable bonds is 9. The monoisotopic (exact) mass is 410 g/mol. The zero-order valence-corrected chi connectivity index (χ0v) is 19.1. The van der Waals surface area contributed by atoms with Crippen molar-refractivity contribution in [1.82, 2.24) is 5.32 Å². The molecular formula is C25H36N3O2+. The SMILES string of the molecule is Cc1cccc(C)c1NC(=O)CNC(=O)[C@H](C)[NH2+][C@@H](C)c1ccc(CC(C)C)cc1. The number of anilines is 1. The number of nitrogens with two attached hydrogens (primary N) is 1. The van der Waals surface area contributed by atoms with Gasteiger partial charge >= 0.3 is 0 Å². The van der Waals surface area contributed by atoms with E-state index >= 15 is 0 Å². The molecule has 4 N–H and O–H groups in total. The van der Waals surface area contributed by atoms with Crippen LogP contribution in [-0.2, 0) is 16.0 Å². The number of aryl methyl sites for hydroxylation is 2. The predicted molar refractivity (Wildman–Crippen MR) is 122 cm³/mol. The number of carbonyl (C=O) groups excluding carboxylic acids is 2. The number of quaternary nitrogens is 1. The highest BCUT2D eigenvalue weighted by atomic mass is 16.2. The van der Waals surface area contributed by atoms with Gasteiger partial charge in [0.05, 0.1) is 6.54 Å². The Balaban J connectivity index is 1.83. The van der Waals surface area contributed by atoms with Gasteiger partial charge in [-0.05, 0) is 56.7 Å². The van der Waals surface area contributed by atoms with Gasteiger partial charge in [0.15, 0.2) is 6.04 Å². The van der Waals surface area contributed by atoms with E-state index in [1.165, 1.54) is 11.1 Å². The van der Waals surface area contributed by atoms with Crippen LogP contribution in [-0.4, -0.2) is 24.4 Å². The molecule has 0 fully saturated rings. The van der Waals surface area contributed by atoms with Crippen LogP contribution in [0.25, 0.3) is 0 Å². The van der Waals surface area contributed by atoms with E-state index in [-0.39, 0.29) is 30.4 Å². The highest BCUT2D eigenvalue weighted by molar-refractivity contribution is 5.96. The minimum absolute atomic E-state index is 0.0386. The predicted octanol–water partition coefficient (Wildman–Crippen LogP) is 3.27. The number of hydrogen-bond donors (Lipinski definition) is 3. The molecule has 2 aromatic carbocycles. The van der Waals surface area contributed by atoms with Gasteiger partial charge in [0.1, 0.15) is 6.04 Å². The summed E-state index contributed by atoms with van der Waals surface area (Å²) in [6.45, 7) is 12.3. The Morgan fingerprint density at radius 1 is 0.933 bits per heavy atom. The van der Waals surface area contributed by atoms with Crippen LogP contribution in [0.3, 0.4) is 0 Å². The summed E-state index contributed by atoms with van der Waals surface area (Å²) >= 11 is 0. The Morgan fingerprint density at radius 2 is 1.53 bits per heavy atom. The molecule has 0 aliphatic carbocycles. The van der Waals surface area contributed by atoms with Gasteiger partial charge in [-0.15, -0.1) is 0 Å². The summed E-state index contributed by atoms with van der Waals surface area (Å²) in [4.78, 5) is 24.7. The molecule has 0 saturated carbocycles. The average molecular weight is 411 g/mol. The smallest absolute Gasteiger partial charge is 0.278 e. The molecule has 0 spiro atoms. The number of carbonyl (C=O) groups is 2. The van der Waals surface area contributed by atoms with E-state index in [0.29, 0.717) is 5.92 Å². The minimum atomic E-state index is -0.289. The Kier molecular flexibility index (Phi) is 8.60. The largest absolute Gasteiger partial charge is 0.342 e. The third-order valence-electron chi connectivity index (χ3n) is 5.31. The molecule has 2 atom stereocenters. The summed E-state index contributed by atoms with van der Waals surface area (Å²) < 4.78 is 0. The van der Waals surface area contributed by atoms with Crippen LogP contribution in [0.1, 0.15) is 56.0 Å². The van der Waals surface area contributed by atoms with Crippen LogP contribution >= 0.6 is 0 Å². The molecule has 0 unspecified atom stereocenters. The minimum Gasteiger partial charge on any atom is -0.342 e. The van der Waals surface area contributed by atoms with Crippen molar-refractivity contribution < 1.29 is 14.9 Å². The van der Waals surface area contributed by atoms with Crippen LogP contribution in [0.2, 0.25) is 0 Å². The van der Waals surface area contributed by atoms with E-state index in [9.17, 15) is 9.59 Å². The fourth-order valence-corrected chi connectivity index (χ4v) is 3.58. The second kappa shape index (κ2) is 10.9. The first-order chi connectivity index (χ1) is 14.2. The first-order valence-electron chi connectivity index (χ1n) is 10.7. The van der Waals surface area contributed by atoms with E-state index in [0.717, 1.165) is 23.2 Å². The second-order valence-corrected chi connectivity index (χ2v) is 8.64. The summed E-state index contributed by atoms with van der Waals surface area (Å²) in [6.07, 6.45) is 1.07. The van der Waals surface area contributed by atoms with Gasteiger partial charge < -0.3 is 16.0 Å². The number of para-hydroxylation sites is 1. The molecule has 5 nitrogen and oxygen atoms in total. The molecule has 0 saturated heterocycles. The van der Waals surface area contributed by atoms with E-state index in [1.54, 1.807) is 0 Å². The van der Waals surface area contributed by atoms with Crippen molar-refractivity contribution >= 4 is 17.5 Å². The summed E-state index contributed by atoms with van der Waals surface area (Å²) in [5.74, 6) is 0.271. The molecule has 0 heterocycles. The lowest BCUT2D eigenvalue weighted by molar-refractivity contribution is -0.710. The normalized spacial score (nSPS) is 13.0.